The van der Waals surface area contributed by atoms with Crippen LogP contribution in [-0.2, 0) is 4.79 Å². The average Bonchev–Trinajstić information content (AvgIpc) is 2.89. The second-order valence-corrected chi connectivity index (χ2v) is 7.65. The van der Waals surface area contributed by atoms with Crippen molar-refractivity contribution in [3.63, 3.8) is 0 Å². The van der Waals surface area contributed by atoms with Crippen LogP contribution in [0.3, 0.4) is 0 Å². The van der Waals surface area contributed by atoms with E-state index in [9.17, 15) is 14.7 Å². The first-order valence-electron chi connectivity index (χ1n) is 8.02. The number of hydrogen-bond acceptors (Lipinski definition) is 2. The van der Waals surface area contributed by atoms with Crippen LogP contribution in [0.25, 0.3) is 0 Å². The summed E-state index contributed by atoms with van der Waals surface area (Å²) in [5.74, 6) is 0.388. The van der Waals surface area contributed by atoms with Gasteiger partial charge in [0.1, 0.15) is 0 Å². The highest BCUT2D eigenvalue weighted by atomic mass is 16.4. The summed E-state index contributed by atoms with van der Waals surface area (Å²) in [5, 5.41) is 9.30. The van der Waals surface area contributed by atoms with E-state index >= 15 is 0 Å². The summed E-state index contributed by atoms with van der Waals surface area (Å²) in [6.45, 7) is 9.07. The fraction of sp³-hybridized carbons (Fsp3) is 0.875. The van der Waals surface area contributed by atoms with Crippen molar-refractivity contribution < 1.29 is 14.7 Å². The summed E-state index contributed by atoms with van der Waals surface area (Å²) in [7, 11) is 0. The van der Waals surface area contributed by atoms with Crippen molar-refractivity contribution in [2.45, 2.75) is 65.5 Å². The van der Waals surface area contributed by atoms with Gasteiger partial charge in [-0.3, -0.25) is 4.79 Å². The van der Waals surface area contributed by atoms with Gasteiger partial charge < -0.3 is 14.9 Å². The molecule has 2 amide bonds. The zero-order chi connectivity index (χ0) is 15.8. The Bertz CT molecular complexity index is 410. The van der Waals surface area contributed by atoms with Crippen molar-refractivity contribution in [2.24, 2.45) is 11.3 Å². The highest BCUT2D eigenvalue weighted by Gasteiger charge is 2.44. The number of piperazine rings is 1. The highest BCUT2D eigenvalue weighted by molar-refractivity contribution is 5.80. The molecular formula is C16H28N2O3. The van der Waals surface area contributed by atoms with E-state index in [2.05, 4.69) is 20.8 Å². The average molecular weight is 296 g/mol. The Morgan fingerprint density at radius 2 is 1.67 bits per heavy atom. The number of hydrogen-bond donors (Lipinski definition) is 1. The summed E-state index contributed by atoms with van der Waals surface area (Å²) in [4.78, 5) is 27.7. The Kier molecular flexibility index (Phi) is 4.49. The SMILES string of the molecule is CC1CN(C(=O)O)CC(C(C)(C)C)N1C(=O)C1CCCC1. The summed E-state index contributed by atoms with van der Waals surface area (Å²) < 4.78 is 0. The van der Waals surface area contributed by atoms with Crippen LogP contribution in [0, 0.1) is 11.3 Å². The first-order chi connectivity index (χ1) is 9.71. The Morgan fingerprint density at radius 1 is 1.10 bits per heavy atom. The van der Waals surface area contributed by atoms with E-state index in [0.29, 0.717) is 13.1 Å². The first kappa shape index (κ1) is 16.1. The third-order valence-electron chi connectivity index (χ3n) is 4.92. The van der Waals surface area contributed by atoms with Gasteiger partial charge in [-0.2, -0.15) is 0 Å². The largest absolute Gasteiger partial charge is 0.465 e. The zero-order valence-corrected chi connectivity index (χ0v) is 13.6. The van der Waals surface area contributed by atoms with Crippen LogP contribution in [0.2, 0.25) is 0 Å². The Labute approximate surface area is 127 Å². The molecule has 0 aromatic rings. The van der Waals surface area contributed by atoms with Crippen LogP contribution in [0.5, 0.6) is 0 Å². The van der Waals surface area contributed by atoms with Gasteiger partial charge in [-0.15, -0.1) is 0 Å². The minimum absolute atomic E-state index is 0.0489. The number of carbonyl (C=O) groups excluding carboxylic acids is 1. The molecule has 1 N–H and O–H groups in total. The Balaban J connectivity index is 2.23. The Morgan fingerprint density at radius 3 is 2.14 bits per heavy atom. The van der Waals surface area contributed by atoms with Crippen LogP contribution >= 0.6 is 0 Å². The second kappa shape index (κ2) is 5.85. The molecule has 0 bridgehead atoms. The first-order valence-corrected chi connectivity index (χ1v) is 8.02. The number of nitrogens with zero attached hydrogens (tertiary/aromatic N) is 2. The van der Waals surface area contributed by atoms with Gasteiger partial charge in [0.05, 0.1) is 6.04 Å². The fourth-order valence-corrected chi connectivity index (χ4v) is 3.69. The van der Waals surface area contributed by atoms with Crippen molar-refractivity contribution in [1.82, 2.24) is 9.80 Å². The van der Waals surface area contributed by atoms with E-state index in [-0.39, 0.29) is 29.3 Å². The topological polar surface area (TPSA) is 60.9 Å². The summed E-state index contributed by atoms with van der Waals surface area (Å²) in [5.41, 5.74) is -0.128. The molecule has 21 heavy (non-hydrogen) atoms. The van der Waals surface area contributed by atoms with Gasteiger partial charge in [0.15, 0.2) is 0 Å². The summed E-state index contributed by atoms with van der Waals surface area (Å²) in [6, 6.07) is -0.0994. The molecule has 1 saturated heterocycles. The van der Waals surface area contributed by atoms with Crippen LogP contribution in [0.1, 0.15) is 53.4 Å². The molecule has 5 heteroatoms. The fourth-order valence-electron chi connectivity index (χ4n) is 3.69. The molecule has 0 spiro atoms. The van der Waals surface area contributed by atoms with Crippen molar-refractivity contribution in [3.8, 4) is 0 Å². The normalized spacial score (nSPS) is 28.0. The van der Waals surface area contributed by atoms with E-state index < -0.39 is 6.09 Å². The van der Waals surface area contributed by atoms with Crippen LogP contribution in [0.15, 0.2) is 0 Å². The van der Waals surface area contributed by atoms with Crippen molar-refractivity contribution in [3.05, 3.63) is 0 Å². The molecule has 0 aromatic heterocycles. The molecule has 0 aromatic carbocycles. The predicted octanol–water partition coefficient (Wildman–Crippen LogP) is 2.80. The summed E-state index contributed by atoms with van der Waals surface area (Å²) >= 11 is 0. The lowest BCUT2D eigenvalue weighted by atomic mass is 9.82. The molecule has 1 aliphatic heterocycles. The number of carboxylic acid groups (broad SMARTS) is 1. The molecule has 2 unspecified atom stereocenters. The molecule has 2 fully saturated rings. The van der Waals surface area contributed by atoms with E-state index in [1.165, 1.54) is 4.90 Å². The second-order valence-electron chi connectivity index (χ2n) is 7.65. The van der Waals surface area contributed by atoms with Gasteiger partial charge >= 0.3 is 6.09 Å². The molecule has 1 saturated carbocycles. The monoisotopic (exact) mass is 296 g/mol. The van der Waals surface area contributed by atoms with E-state index in [0.717, 1.165) is 25.7 Å². The molecule has 1 heterocycles. The van der Waals surface area contributed by atoms with Crippen LogP contribution in [-0.4, -0.2) is 52.1 Å². The minimum atomic E-state index is -0.885. The lowest BCUT2D eigenvalue weighted by molar-refractivity contribution is -0.147. The number of amides is 2. The van der Waals surface area contributed by atoms with Gasteiger partial charge in [0.25, 0.3) is 0 Å². The molecule has 2 atom stereocenters. The third kappa shape index (κ3) is 3.33. The molecule has 120 valence electrons. The zero-order valence-electron chi connectivity index (χ0n) is 13.6. The molecule has 1 aliphatic carbocycles. The number of rotatable bonds is 1. The third-order valence-corrected chi connectivity index (χ3v) is 4.92. The molecule has 2 rings (SSSR count). The Hall–Kier alpha value is -1.26. The van der Waals surface area contributed by atoms with Crippen molar-refractivity contribution in [1.29, 1.82) is 0 Å². The van der Waals surface area contributed by atoms with Gasteiger partial charge in [-0.05, 0) is 25.2 Å². The predicted molar refractivity (Wildman–Crippen MR) is 81.1 cm³/mol. The maximum absolute atomic E-state index is 12.9. The molecular weight excluding hydrogens is 268 g/mol. The smallest absolute Gasteiger partial charge is 0.407 e. The molecule has 0 radical (unpaired) electrons. The number of carbonyl (C=O) groups is 2. The van der Waals surface area contributed by atoms with E-state index in [1.807, 2.05) is 11.8 Å². The van der Waals surface area contributed by atoms with Gasteiger partial charge in [0, 0.05) is 25.0 Å². The van der Waals surface area contributed by atoms with Crippen molar-refractivity contribution >= 4 is 12.0 Å². The van der Waals surface area contributed by atoms with Crippen molar-refractivity contribution in [2.75, 3.05) is 13.1 Å². The van der Waals surface area contributed by atoms with Crippen LogP contribution < -0.4 is 0 Å². The van der Waals surface area contributed by atoms with Gasteiger partial charge in [-0.1, -0.05) is 33.6 Å². The standard InChI is InChI=1S/C16H28N2O3/c1-11-9-17(15(20)21)10-13(16(2,3)4)18(11)14(19)12-7-5-6-8-12/h11-13H,5-10H2,1-4H3,(H,20,21). The van der Waals surface area contributed by atoms with Gasteiger partial charge in [-0.25, -0.2) is 4.79 Å². The molecule has 2 aliphatic rings. The summed E-state index contributed by atoms with van der Waals surface area (Å²) in [6.07, 6.45) is 3.37. The maximum Gasteiger partial charge on any atom is 0.407 e. The van der Waals surface area contributed by atoms with E-state index in [4.69, 9.17) is 0 Å². The highest BCUT2D eigenvalue weighted by Crippen LogP contribution is 2.34. The van der Waals surface area contributed by atoms with Gasteiger partial charge in [0.2, 0.25) is 5.91 Å². The lowest BCUT2D eigenvalue weighted by Gasteiger charge is -2.50. The van der Waals surface area contributed by atoms with Crippen LogP contribution in [0.4, 0.5) is 4.79 Å². The van der Waals surface area contributed by atoms with E-state index in [1.54, 1.807) is 0 Å². The minimum Gasteiger partial charge on any atom is -0.465 e. The maximum atomic E-state index is 12.9. The molecule has 5 nitrogen and oxygen atoms in total. The quantitative estimate of drug-likeness (QED) is 0.809. The lowest BCUT2D eigenvalue weighted by Crippen LogP contribution is -2.64.